The number of fused-ring (bicyclic) bond motifs is 2. The summed E-state index contributed by atoms with van der Waals surface area (Å²) < 4.78 is 68.5. The van der Waals surface area contributed by atoms with Crippen molar-refractivity contribution in [1.82, 2.24) is 24.6 Å². The van der Waals surface area contributed by atoms with Crippen LogP contribution in [-0.4, -0.2) is 115 Å². The van der Waals surface area contributed by atoms with E-state index in [-0.39, 0.29) is 37.8 Å². The lowest BCUT2D eigenvalue weighted by Gasteiger charge is -2.32. The zero-order valence-electron chi connectivity index (χ0n) is 32.6. The SMILES string of the molecule is CC(C)(C)OC(=O)N[C@H]1CN(S(=O)(=O)c2ccccc2[N+](=O)[O-])CCC/C=C\[C@@H]2C[C@@]2(C(=O)NS(=O)(=O)C2CC2)NC(=O)[C@@H]2C[C@@H](OC(=O)c3ccccc3)CN2C1=O. The maximum absolute atomic E-state index is 14.8. The van der Waals surface area contributed by atoms with Crippen LogP contribution in [0.1, 0.15) is 69.7 Å². The molecule has 2 aliphatic heterocycles. The second-order valence-electron chi connectivity index (χ2n) is 15.9. The average Bonchev–Trinajstić information content (AvgIpc) is 4.09. The zero-order chi connectivity index (χ0) is 42.9. The molecule has 21 heteroatoms. The van der Waals surface area contributed by atoms with E-state index in [1.165, 1.54) is 24.3 Å². The Balaban J connectivity index is 1.41. The summed E-state index contributed by atoms with van der Waals surface area (Å²) in [5.74, 6) is -4.35. The lowest BCUT2D eigenvalue weighted by Crippen LogP contribution is -2.60. The van der Waals surface area contributed by atoms with Gasteiger partial charge >= 0.3 is 12.1 Å². The summed E-state index contributed by atoms with van der Waals surface area (Å²) in [6.07, 6.45) is 1.71. The van der Waals surface area contributed by atoms with Crippen LogP contribution in [-0.2, 0) is 43.9 Å². The van der Waals surface area contributed by atoms with Crippen LogP contribution >= 0.6 is 0 Å². The van der Waals surface area contributed by atoms with E-state index in [1.54, 1.807) is 51.1 Å². The fourth-order valence-electron chi connectivity index (χ4n) is 7.10. The predicted octanol–water partition coefficient (Wildman–Crippen LogP) is 2.14. The molecule has 3 N–H and O–H groups in total. The number of rotatable bonds is 9. The minimum Gasteiger partial charge on any atom is -0.457 e. The summed E-state index contributed by atoms with van der Waals surface area (Å²) in [6.45, 7) is 3.17. The molecule has 2 saturated carbocycles. The number of esters is 1. The van der Waals surface area contributed by atoms with Crippen molar-refractivity contribution >= 4 is 55.5 Å². The monoisotopic (exact) mass is 858 g/mol. The van der Waals surface area contributed by atoms with Gasteiger partial charge in [0, 0.05) is 31.5 Å². The predicted molar refractivity (Wildman–Crippen MR) is 208 cm³/mol. The van der Waals surface area contributed by atoms with Crippen molar-refractivity contribution in [2.75, 3.05) is 19.6 Å². The number of hydrogen-bond acceptors (Lipinski definition) is 13. The number of benzene rings is 2. The van der Waals surface area contributed by atoms with Crippen LogP contribution < -0.4 is 15.4 Å². The molecule has 4 amide bonds. The molecular formula is C38H46N6O13S2. The van der Waals surface area contributed by atoms with Gasteiger partial charge in [0.25, 0.3) is 11.6 Å². The molecule has 5 atom stereocenters. The number of carbonyl (C=O) groups is 5. The van der Waals surface area contributed by atoms with E-state index in [0.717, 1.165) is 21.3 Å². The number of amides is 4. The summed E-state index contributed by atoms with van der Waals surface area (Å²) in [4.78, 5) is 80.9. The number of nitro groups is 1. The normalized spacial score (nSPS) is 26.1. The Morgan fingerprint density at radius 3 is 2.32 bits per heavy atom. The summed E-state index contributed by atoms with van der Waals surface area (Å²) in [5, 5.41) is 16.3. The molecule has 4 aliphatic rings. The molecule has 0 radical (unpaired) electrons. The van der Waals surface area contributed by atoms with Gasteiger partial charge in [0.1, 0.15) is 29.3 Å². The first-order valence-corrected chi connectivity index (χ1v) is 22.0. The van der Waals surface area contributed by atoms with Crippen molar-refractivity contribution in [3.8, 4) is 0 Å². The van der Waals surface area contributed by atoms with Crippen LogP contribution in [0, 0.1) is 16.0 Å². The van der Waals surface area contributed by atoms with Gasteiger partial charge in [0.15, 0.2) is 4.90 Å². The number of nitro benzene ring substituents is 1. The summed E-state index contributed by atoms with van der Waals surface area (Å²) >= 11 is 0. The first-order chi connectivity index (χ1) is 27.7. The maximum atomic E-state index is 14.8. The molecule has 0 aromatic heterocycles. The van der Waals surface area contributed by atoms with Gasteiger partial charge in [0.2, 0.25) is 31.9 Å². The van der Waals surface area contributed by atoms with Gasteiger partial charge in [-0.1, -0.05) is 42.5 Å². The van der Waals surface area contributed by atoms with E-state index in [4.69, 9.17) is 9.47 Å². The highest BCUT2D eigenvalue weighted by Gasteiger charge is 2.62. The van der Waals surface area contributed by atoms with E-state index < -0.39 is 119 Å². The molecule has 0 unspecified atom stereocenters. The van der Waals surface area contributed by atoms with Crippen molar-refractivity contribution in [2.45, 2.75) is 98.8 Å². The van der Waals surface area contributed by atoms with E-state index in [1.807, 2.05) is 0 Å². The van der Waals surface area contributed by atoms with Crippen LogP contribution in [0.5, 0.6) is 0 Å². The highest BCUT2D eigenvalue weighted by Crippen LogP contribution is 2.46. The Kier molecular flexibility index (Phi) is 12.2. The van der Waals surface area contributed by atoms with Gasteiger partial charge in [-0.25, -0.2) is 26.4 Å². The Bertz CT molecular complexity index is 2260. The average molecular weight is 859 g/mol. The molecule has 6 rings (SSSR count). The van der Waals surface area contributed by atoms with Crippen LogP contribution in [0.2, 0.25) is 0 Å². The van der Waals surface area contributed by atoms with Crippen molar-refractivity contribution in [1.29, 1.82) is 0 Å². The Labute approximate surface area is 341 Å². The number of carbonyl (C=O) groups excluding carboxylic acids is 5. The Hall–Kier alpha value is -5.41. The van der Waals surface area contributed by atoms with Crippen LogP contribution in [0.25, 0.3) is 0 Å². The molecule has 59 heavy (non-hydrogen) atoms. The second-order valence-corrected chi connectivity index (χ2v) is 19.8. The highest BCUT2D eigenvalue weighted by molar-refractivity contribution is 7.91. The van der Waals surface area contributed by atoms with Gasteiger partial charge in [0.05, 0.1) is 22.3 Å². The molecular weight excluding hydrogens is 813 g/mol. The fourth-order valence-corrected chi connectivity index (χ4v) is 10.1. The largest absolute Gasteiger partial charge is 0.457 e. The third-order valence-corrected chi connectivity index (χ3v) is 14.0. The number of nitrogens with one attached hydrogen (secondary N) is 3. The molecule has 2 heterocycles. The molecule has 2 aromatic carbocycles. The van der Waals surface area contributed by atoms with Gasteiger partial charge in [-0.2, -0.15) is 4.31 Å². The van der Waals surface area contributed by atoms with E-state index in [0.29, 0.717) is 12.8 Å². The number of allylic oxidation sites excluding steroid dienone is 1. The van der Waals surface area contributed by atoms with Crippen molar-refractivity contribution in [2.24, 2.45) is 5.92 Å². The van der Waals surface area contributed by atoms with Gasteiger partial charge in [-0.05, 0) is 71.1 Å². The molecule has 0 spiro atoms. The number of nitrogens with zero attached hydrogens (tertiary/aromatic N) is 3. The summed E-state index contributed by atoms with van der Waals surface area (Å²) in [7, 11) is -8.81. The second kappa shape index (κ2) is 16.7. The first-order valence-electron chi connectivity index (χ1n) is 19.1. The third-order valence-electron chi connectivity index (χ3n) is 10.3. The molecule has 1 saturated heterocycles. The highest BCUT2D eigenvalue weighted by atomic mass is 32.2. The number of ether oxygens (including phenoxy) is 2. The topological polar surface area (TPSA) is 258 Å². The molecule has 0 bridgehead atoms. The standard InChI is InChI=1S/C38H46N6O13S2/c1-37(2,3)57-36(49)39-28-23-42(59(54,55)31-16-10-9-15-29(31)44(50)51)19-11-5-8-14-25-21-38(25,35(48)41-58(52,53)27-17-18-27)40-32(45)30-20-26(22-43(30)33(28)46)56-34(47)24-12-6-4-7-13-24/h4,6-10,12-16,25-28,30H,5,11,17-23H2,1-3H3,(H,39,49)(H,40,45)(H,41,48)/b14-8-/t25-,26-,28+,30+,38-/m1/s1. The number of sulfonamides is 2. The molecule has 2 aliphatic carbocycles. The lowest BCUT2D eigenvalue weighted by atomic mass is 10.1. The Morgan fingerprint density at radius 2 is 1.66 bits per heavy atom. The van der Waals surface area contributed by atoms with Crippen molar-refractivity contribution in [3.05, 3.63) is 82.4 Å². The zero-order valence-corrected chi connectivity index (χ0v) is 34.2. The van der Waals surface area contributed by atoms with Crippen molar-refractivity contribution in [3.63, 3.8) is 0 Å². The quantitative estimate of drug-likeness (QED) is 0.142. The number of para-hydroxylation sites is 1. The van der Waals surface area contributed by atoms with E-state index >= 15 is 0 Å². The molecule has 3 fully saturated rings. The minimum absolute atomic E-state index is 0.00461. The first kappa shape index (κ1) is 43.2. The molecule has 2 aromatic rings. The van der Waals surface area contributed by atoms with Gasteiger partial charge in [-0.3, -0.25) is 29.2 Å². The summed E-state index contributed by atoms with van der Waals surface area (Å²) in [5.41, 5.74) is -3.37. The lowest BCUT2D eigenvalue weighted by molar-refractivity contribution is -0.387. The number of hydrogen-bond donors (Lipinski definition) is 3. The maximum Gasteiger partial charge on any atom is 0.408 e. The van der Waals surface area contributed by atoms with E-state index in [9.17, 15) is 50.9 Å². The smallest absolute Gasteiger partial charge is 0.408 e. The Morgan fingerprint density at radius 1 is 0.983 bits per heavy atom. The van der Waals surface area contributed by atoms with Crippen LogP contribution in [0.4, 0.5) is 10.5 Å². The van der Waals surface area contributed by atoms with Gasteiger partial charge in [-0.15, -0.1) is 0 Å². The van der Waals surface area contributed by atoms with E-state index in [2.05, 4.69) is 15.4 Å². The minimum atomic E-state index is -4.76. The van der Waals surface area contributed by atoms with Crippen LogP contribution in [0.15, 0.2) is 71.6 Å². The number of alkyl carbamates (subject to hydrolysis) is 1. The molecule has 19 nitrogen and oxygen atoms in total. The molecule has 318 valence electrons. The third kappa shape index (κ3) is 9.90. The summed E-state index contributed by atoms with van der Waals surface area (Å²) in [6, 6.07) is 9.30. The van der Waals surface area contributed by atoms with Crippen molar-refractivity contribution < 1.29 is 55.2 Å². The fraction of sp³-hybridized carbons (Fsp3) is 0.500. The van der Waals surface area contributed by atoms with Gasteiger partial charge < -0.3 is 25.0 Å². The van der Waals surface area contributed by atoms with Crippen LogP contribution in [0.3, 0.4) is 0 Å².